The Hall–Kier alpha value is -1.03. The van der Waals surface area contributed by atoms with Gasteiger partial charge in [-0.3, -0.25) is 4.68 Å². The fourth-order valence-electron chi connectivity index (χ4n) is 1.95. The van der Waals surface area contributed by atoms with Crippen LogP contribution < -0.4 is 5.32 Å². The quantitative estimate of drug-likeness (QED) is 0.795. The maximum absolute atomic E-state index is 5.43. The van der Waals surface area contributed by atoms with E-state index in [2.05, 4.69) is 44.3 Å². The predicted octanol–water partition coefficient (Wildman–Crippen LogP) is 2.91. The number of hydrogen-bond acceptors (Lipinski definition) is 3. The second kappa shape index (κ2) is 6.05. The number of rotatable bonds is 7. The molecule has 98 valence electrons. The summed E-state index contributed by atoms with van der Waals surface area (Å²) >= 11 is 0. The summed E-state index contributed by atoms with van der Waals surface area (Å²) in [4.78, 5) is 0. The number of aryl methyl sites for hydroxylation is 1. The van der Waals surface area contributed by atoms with Crippen LogP contribution in [0.3, 0.4) is 0 Å². The summed E-state index contributed by atoms with van der Waals surface area (Å²) in [5.74, 6) is 0. The van der Waals surface area contributed by atoms with E-state index in [1.54, 1.807) is 7.11 Å². The summed E-state index contributed by atoms with van der Waals surface area (Å²) in [7, 11) is 1.76. The van der Waals surface area contributed by atoms with E-state index in [0.29, 0.717) is 6.04 Å². The Morgan fingerprint density at radius 1 is 1.53 bits per heavy atom. The predicted molar refractivity (Wildman–Crippen MR) is 71.3 cm³/mol. The maximum Gasteiger partial charge on any atom is 0.0728 e. The first-order chi connectivity index (χ1) is 7.96. The molecule has 1 rings (SSSR count). The van der Waals surface area contributed by atoms with Gasteiger partial charge >= 0.3 is 0 Å². The Morgan fingerprint density at radius 3 is 2.82 bits per heavy atom. The fourth-order valence-corrected chi connectivity index (χ4v) is 1.95. The van der Waals surface area contributed by atoms with Crippen LogP contribution in [0.5, 0.6) is 0 Å². The fraction of sp³-hybridized carbons (Fsp3) is 0.769. The van der Waals surface area contributed by atoms with Gasteiger partial charge in [-0.25, -0.2) is 0 Å². The van der Waals surface area contributed by atoms with Crippen LogP contribution in [0.4, 0.5) is 5.69 Å². The van der Waals surface area contributed by atoms with Crippen LogP contribution in [0.25, 0.3) is 0 Å². The van der Waals surface area contributed by atoms with E-state index >= 15 is 0 Å². The molecule has 1 aromatic rings. The minimum absolute atomic E-state index is 0.0914. The normalized spacial score (nSPS) is 13.7. The summed E-state index contributed by atoms with van der Waals surface area (Å²) in [6.07, 6.45) is 6.00. The largest absolute Gasteiger partial charge is 0.380 e. The highest BCUT2D eigenvalue weighted by atomic mass is 16.5. The van der Waals surface area contributed by atoms with Crippen LogP contribution in [0, 0.1) is 0 Å². The Labute approximate surface area is 104 Å². The average Bonchev–Trinajstić information content (AvgIpc) is 2.65. The van der Waals surface area contributed by atoms with Gasteiger partial charge in [0.15, 0.2) is 0 Å². The molecule has 0 aliphatic carbocycles. The van der Waals surface area contributed by atoms with Crippen molar-refractivity contribution < 1.29 is 4.74 Å². The van der Waals surface area contributed by atoms with Crippen molar-refractivity contribution in [3.63, 3.8) is 0 Å². The van der Waals surface area contributed by atoms with Crippen molar-refractivity contribution in [2.24, 2.45) is 0 Å². The summed E-state index contributed by atoms with van der Waals surface area (Å²) < 4.78 is 7.40. The number of nitrogens with one attached hydrogen (secondary N) is 1. The van der Waals surface area contributed by atoms with Crippen molar-refractivity contribution in [2.45, 2.75) is 58.7 Å². The molecule has 0 saturated heterocycles. The van der Waals surface area contributed by atoms with Gasteiger partial charge in [0.2, 0.25) is 0 Å². The van der Waals surface area contributed by atoms with Gasteiger partial charge in [0, 0.05) is 25.9 Å². The van der Waals surface area contributed by atoms with Gasteiger partial charge in [-0.1, -0.05) is 6.92 Å². The SMILES string of the molecule is CCCn1cc(N[C@@H](C)CC(C)(C)OC)cn1. The third-order valence-electron chi connectivity index (χ3n) is 2.85. The molecule has 0 bridgehead atoms. The van der Waals surface area contributed by atoms with E-state index in [9.17, 15) is 0 Å². The molecule has 0 radical (unpaired) electrons. The van der Waals surface area contributed by atoms with Gasteiger partial charge in [-0.15, -0.1) is 0 Å². The van der Waals surface area contributed by atoms with Gasteiger partial charge in [0.05, 0.1) is 17.5 Å². The van der Waals surface area contributed by atoms with Crippen molar-refractivity contribution in [2.75, 3.05) is 12.4 Å². The number of methoxy groups -OCH3 is 1. The van der Waals surface area contributed by atoms with E-state index in [-0.39, 0.29) is 5.60 Å². The molecular weight excluding hydrogens is 214 g/mol. The number of hydrogen-bond donors (Lipinski definition) is 1. The second-order valence-corrected chi connectivity index (χ2v) is 5.21. The first-order valence-corrected chi connectivity index (χ1v) is 6.31. The highest BCUT2D eigenvalue weighted by Gasteiger charge is 2.20. The van der Waals surface area contributed by atoms with Gasteiger partial charge in [0.1, 0.15) is 0 Å². The van der Waals surface area contributed by atoms with Crippen LogP contribution in [0.2, 0.25) is 0 Å². The monoisotopic (exact) mass is 239 g/mol. The van der Waals surface area contributed by atoms with Crippen LogP contribution in [-0.4, -0.2) is 28.5 Å². The molecule has 0 saturated carbocycles. The highest BCUT2D eigenvalue weighted by Crippen LogP contribution is 2.18. The van der Waals surface area contributed by atoms with E-state index in [1.165, 1.54) is 0 Å². The van der Waals surface area contributed by atoms with Gasteiger partial charge in [-0.05, 0) is 33.6 Å². The lowest BCUT2D eigenvalue weighted by atomic mass is 10.00. The van der Waals surface area contributed by atoms with Gasteiger partial charge in [-0.2, -0.15) is 5.10 Å². The minimum atomic E-state index is -0.0914. The Kier molecular flexibility index (Phi) is 5.00. The van der Waals surface area contributed by atoms with Gasteiger partial charge in [0.25, 0.3) is 0 Å². The molecular formula is C13H25N3O. The topological polar surface area (TPSA) is 39.1 Å². The zero-order chi connectivity index (χ0) is 12.9. The molecule has 0 aliphatic rings. The molecule has 1 N–H and O–H groups in total. The van der Waals surface area contributed by atoms with Crippen LogP contribution >= 0.6 is 0 Å². The highest BCUT2D eigenvalue weighted by molar-refractivity contribution is 5.39. The molecule has 4 heteroatoms. The molecule has 0 fully saturated rings. The van der Waals surface area contributed by atoms with Crippen LogP contribution in [0.1, 0.15) is 40.5 Å². The molecule has 0 amide bonds. The average molecular weight is 239 g/mol. The smallest absolute Gasteiger partial charge is 0.0728 e. The lowest BCUT2D eigenvalue weighted by Gasteiger charge is -2.27. The molecule has 1 aromatic heterocycles. The lowest BCUT2D eigenvalue weighted by molar-refractivity contribution is 0.0128. The van der Waals surface area contributed by atoms with E-state index in [4.69, 9.17) is 4.74 Å². The van der Waals surface area contributed by atoms with Crippen molar-refractivity contribution in [3.8, 4) is 0 Å². The summed E-state index contributed by atoms with van der Waals surface area (Å²) in [5.41, 5.74) is 0.990. The third-order valence-corrected chi connectivity index (χ3v) is 2.85. The summed E-state index contributed by atoms with van der Waals surface area (Å²) in [5, 5.41) is 7.75. The standard InChI is InChI=1S/C13H25N3O/c1-6-7-16-10-12(9-14-16)15-11(2)8-13(3,4)17-5/h9-11,15H,6-8H2,1-5H3/t11-/m0/s1. The molecule has 1 atom stereocenters. The Balaban J connectivity index is 2.47. The number of aromatic nitrogens is 2. The minimum Gasteiger partial charge on any atom is -0.380 e. The molecule has 0 aromatic carbocycles. The first-order valence-electron chi connectivity index (χ1n) is 6.31. The molecule has 0 aliphatic heterocycles. The molecule has 4 nitrogen and oxygen atoms in total. The number of nitrogens with zero attached hydrogens (tertiary/aromatic N) is 2. The third kappa shape index (κ3) is 4.77. The molecule has 17 heavy (non-hydrogen) atoms. The molecule has 0 spiro atoms. The van der Waals surface area contributed by atoms with Crippen molar-refractivity contribution in [1.82, 2.24) is 9.78 Å². The second-order valence-electron chi connectivity index (χ2n) is 5.21. The van der Waals surface area contributed by atoms with E-state index < -0.39 is 0 Å². The van der Waals surface area contributed by atoms with Crippen LogP contribution in [0.15, 0.2) is 12.4 Å². The molecule has 1 heterocycles. The summed E-state index contributed by atoms with van der Waals surface area (Å²) in [6.45, 7) is 9.49. The number of anilines is 1. The zero-order valence-corrected chi connectivity index (χ0v) is 11.7. The Morgan fingerprint density at radius 2 is 2.24 bits per heavy atom. The first kappa shape index (κ1) is 14.0. The van der Waals surface area contributed by atoms with Crippen molar-refractivity contribution in [3.05, 3.63) is 12.4 Å². The van der Waals surface area contributed by atoms with E-state index in [1.807, 2.05) is 10.9 Å². The van der Waals surface area contributed by atoms with Crippen molar-refractivity contribution >= 4 is 5.69 Å². The van der Waals surface area contributed by atoms with Gasteiger partial charge < -0.3 is 10.1 Å². The van der Waals surface area contributed by atoms with Crippen molar-refractivity contribution in [1.29, 1.82) is 0 Å². The maximum atomic E-state index is 5.43. The van der Waals surface area contributed by atoms with E-state index in [0.717, 1.165) is 25.1 Å². The zero-order valence-electron chi connectivity index (χ0n) is 11.7. The number of ether oxygens (including phenoxy) is 1. The summed E-state index contributed by atoms with van der Waals surface area (Å²) in [6, 6.07) is 0.365. The lowest BCUT2D eigenvalue weighted by Crippen LogP contribution is -2.31. The van der Waals surface area contributed by atoms with Crippen LogP contribution in [-0.2, 0) is 11.3 Å². The Bertz CT molecular complexity index is 333. The molecule has 0 unspecified atom stereocenters.